The second kappa shape index (κ2) is 5.46. The number of pyridine rings is 1. The van der Waals surface area contributed by atoms with E-state index in [1.807, 2.05) is 47.0 Å². The fraction of sp³-hybridized carbons (Fsp3) is 0.0667. The molecule has 0 unspecified atom stereocenters. The van der Waals surface area contributed by atoms with Gasteiger partial charge in [0.25, 0.3) is 5.91 Å². The van der Waals surface area contributed by atoms with E-state index in [4.69, 9.17) is 0 Å². The molecule has 100 valence electrons. The van der Waals surface area contributed by atoms with Gasteiger partial charge in [0.05, 0.1) is 12.1 Å². The van der Waals surface area contributed by atoms with E-state index >= 15 is 0 Å². The van der Waals surface area contributed by atoms with Gasteiger partial charge in [-0.05, 0) is 40.2 Å². The number of halogens is 1. The highest BCUT2D eigenvalue weighted by Crippen LogP contribution is 2.18. The molecule has 3 aromatic rings. The van der Waals surface area contributed by atoms with E-state index in [1.54, 1.807) is 12.1 Å². The fourth-order valence-corrected chi connectivity index (χ4v) is 2.56. The predicted molar refractivity (Wildman–Crippen MR) is 80.5 cm³/mol. The second-order valence-electron chi connectivity index (χ2n) is 4.32. The molecule has 0 spiro atoms. The van der Waals surface area contributed by atoms with Crippen molar-refractivity contribution in [1.82, 2.24) is 14.7 Å². The van der Waals surface area contributed by atoms with Gasteiger partial charge >= 0.3 is 0 Å². The third kappa shape index (κ3) is 2.44. The Bertz CT molecular complexity index is 752. The third-order valence-electron chi connectivity index (χ3n) is 3.02. The number of fused-ring (bicyclic) bond motifs is 1. The van der Waals surface area contributed by atoms with E-state index in [2.05, 4.69) is 26.2 Å². The monoisotopic (exact) mass is 329 g/mol. The lowest BCUT2D eigenvalue weighted by atomic mass is 10.2. The number of carbonyl (C=O) groups is 1. The molecule has 3 rings (SSSR count). The first-order chi connectivity index (χ1) is 9.75. The molecule has 0 saturated heterocycles. The molecule has 2 aromatic heterocycles. The van der Waals surface area contributed by atoms with Crippen LogP contribution < -0.4 is 5.32 Å². The Morgan fingerprint density at radius 3 is 2.70 bits per heavy atom. The maximum atomic E-state index is 12.0. The van der Waals surface area contributed by atoms with Crippen molar-refractivity contribution in [3.8, 4) is 0 Å². The number of nitrogens with one attached hydrogen (secondary N) is 1. The van der Waals surface area contributed by atoms with Gasteiger partial charge in [0, 0.05) is 11.8 Å². The number of imidazole rings is 1. The smallest absolute Gasteiger partial charge is 0.251 e. The standard InChI is InChI=1S/C15H12BrN3O/c16-14-12-8-4-5-9-19(12)13(18-14)10-17-15(20)11-6-2-1-3-7-11/h1-9H,10H2,(H,17,20). The summed E-state index contributed by atoms with van der Waals surface area (Å²) < 4.78 is 2.73. The zero-order chi connectivity index (χ0) is 13.9. The molecule has 0 atom stereocenters. The summed E-state index contributed by atoms with van der Waals surface area (Å²) in [5.74, 6) is 0.686. The van der Waals surface area contributed by atoms with Gasteiger partial charge in [0.15, 0.2) is 0 Å². The molecule has 0 bridgehead atoms. The van der Waals surface area contributed by atoms with Gasteiger partial charge in [-0.15, -0.1) is 0 Å². The first-order valence-electron chi connectivity index (χ1n) is 6.20. The minimum Gasteiger partial charge on any atom is -0.345 e. The number of carbonyl (C=O) groups excluding carboxylic acids is 1. The number of hydrogen-bond acceptors (Lipinski definition) is 2. The highest BCUT2D eigenvalue weighted by molar-refractivity contribution is 9.10. The highest BCUT2D eigenvalue weighted by Gasteiger charge is 2.10. The largest absolute Gasteiger partial charge is 0.345 e. The number of hydrogen-bond donors (Lipinski definition) is 1. The number of aromatic nitrogens is 2. The van der Waals surface area contributed by atoms with Crippen molar-refractivity contribution in [1.29, 1.82) is 0 Å². The number of nitrogens with zero attached hydrogens (tertiary/aromatic N) is 2. The lowest BCUT2D eigenvalue weighted by Gasteiger charge is -2.04. The minimum absolute atomic E-state index is 0.102. The zero-order valence-corrected chi connectivity index (χ0v) is 12.2. The summed E-state index contributed by atoms with van der Waals surface area (Å²) in [6.45, 7) is 0.379. The van der Waals surface area contributed by atoms with Gasteiger partial charge in [-0.1, -0.05) is 24.3 Å². The second-order valence-corrected chi connectivity index (χ2v) is 5.07. The van der Waals surface area contributed by atoms with E-state index in [-0.39, 0.29) is 5.91 Å². The molecule has 1 N–H and O–H groups in total. The van der Waals surface area contributed by atoms with Crippen LogP contribution in [0.2, 0.25) is 0 Å². The van der Waals surface area contributed by atoms with Crippen molar-refractivity contribution < 1.29 is 4.79 Å². The van der Waals surface area contributed by atoms with Crippen molar-refractivity contribution in [3.63, 3.8) is 0 Å². The van der Waals surface area contributed by atoms with Gasteiger partial charge < -0.3 is 9.72 Å². The van der Waals surface area contributed by atoms with Crippen LogP contribution in [-0.2, 0) is 6.54 Å². The van der Waals surface area contributed by atoms with Crippen molar-refractivity contribution >= 4 is 27.4 Å². The molecule has 1 aromatic carbocycles. The first kappa shape index (κ1) is 12.9. The summed E-state index contributed by atoms with van der Waals surface area (Å²) in [4.78, 5) is 16.4. The molecule has 0 saturated carbocycles. The molecule has 0 aliphatic heterocycles. The molecule has 0 radical (unpaired) electrons. The quantitative estimate of drug-likeness (QED) is 0.802. The zero-order valence-electron chi connectivity index (χ0n) is 10.6. The normalized spacial score (nSPS) is 10.7. The van der Waals surface area contributed by atoms with Crippen LogP contribution in [0.4, 0.5) is 0 Å². The maximum absolute atomic E-state index is 12.0. The molecule has 4 nitrogen and oxygen atoms in total. The Balaban J connectivity index is 1.79. The van der Waals surface area contributed by atoms with Crippen LogP contribution in [-0.4, -0.2) is 15.3 Å². The summed E-state index contributed by atoms with van der Waals surface area (Å²) in [5.41, 5.74) is 1.63. The molecule has 20 heavy (non-hydrogen) atoms. The minimum atomic E-state index is -0.102. The van der Waals surface area contributed by atoms with Crippen LogP contribution in [0.25, 0.3) is 5.52 Å². The van der Waals surface area contributed by atoms with Gasteiger partial charge in [-0.2, -0.15) is 0 Å². The Labute approximate surface area is 124 Å². The Morgan fingerprint density at radius 1 is 1.15 bits per heavy atom. The Hall–Kier alpha value is -2.14. The average molecular weight is 330 g/mol. The molecule has 5 heteroatoms. The van der Waals surface area contributed by atoms with Crippen LogP contribution in [0, 0.1) is 0 Å². The Morgan fingerprint density at radius 2 is 1.90 bits per heavy atom. The van der Waals surface area contributed by atoms with Crippen LogP contribution in [0.15, 0.2) is 59.3 Å². The fourth-order valence-electron chi connectivity index (χ4n) is 2.04. The van der Waals surface area contributed by atoms with Crippen molar-refractivity contribution in [2.45, 2.75) is 6.54 Å². The molecular formula is C15H12BrN3O. The molecule has 1 amide bonds. The number of rotatable bonds is 3. The van der Waals surface area contributed by atoms with Gasteiger partial charge in [-0.25, -0.2) is 4.98 Å². The summed E-state index contributed by atoms with van der Waals surface area (Å²) in [7, 11) is 0. The average Bonchev–Trinajstić information content (AvgIpc) is 2.83. The summed E-state index contributed by atoms with van der Waals surface area (Å²) in [6.07, 6.45) is 1.93. The van der Waals surface area contributed by atoms with Crippen molar-refractivity contribution in [2.75, 3.05) is 0 Å². The van der Waals surface area contributed by atoms with E-state index in [0.29, 0.717) is 12.1 Å². The number of benzene rings is 1. The van der Waals surface area contributed by atoms with Crippen molar-refractivity contribution in [3.05, 3.63) is 70.7 Å². The maximum Gasteiger partial charge on any atom is 0.251 e. The van der Waals surface area contributed by atoms with Crippen LogP contribution >= 0.6 is 15.9 Å². The highest BCUT2D eigenvalue weighted by atomic mass is 79.9. The van der Waals surface area contributed by atoms with E-state index in [0.717, 1.165) is 15.9 Å². The van der Waals surface area contributed by atoms with Crippen LogP contribution in [0.3, 0.4) is 0 Å². The molecule has 0 aliphatic carbocycles. The molecule has 0 aliphatic rings. The van der Waals surface area contributed by atoms with E-state index < -0.39 is 0 Å². The lowest BCUT2D eigenvalue weighted by Crippen LogP contribution is -2.23. The Kier molecular flexibility index (Phi) is 3.52. The molecule has 0 fully saturated rings. The topological polar surface area (TPSA) is 46.4 Å². The van der Waals surface area contributed by atoms with Crippen molar-refractivity contribution in [2.24, 2.45) is 0 Å². The van der Waals surface area contributed by atoms with Crippen LogP contribution in [0.5, 0.6) is 0 Å². The molecular weight excluding hydrogens is 318 g/mol. The van der Waals surface area contributed by atoms with Gasteiger partial charge in [0.2, 0.25) is 0 Å². The number of amides is 1. The first-order valence-corrected chi connectivity index (χ1v) is 7.00. The summed E-state index contributed by atoms with van der Waals surface area (Å²) in [6, 6.07) is 15.0. The third-order valence-corrected chi connectivity index (χ3v) is 3.60. The van der Waals surface area contributed by atoms with Gasteiger partial charge in [0.1, 0.15) is 10.4 Å². The lowest BCUT2D eigenvalue weighted by molar-refractivity contribution is 0.0950. The summed E-state index contributed by atoms with van der Waals surface area (Å²) >= 11 is 3.43. The predicted octanol–water partition coefficient (Wildman–Crippen LogP) is 3.03. The summed E-state index contributed by atoms with van der Waals surface area (Å²) in [5, 5.41) is 2.88. The molecule has 2 heterocycles. The SMILES string of the molecule is O=C(NCc1nc(Br)c2ccccn12)c1ccccc1. The van der Waals surface area contributed by atoms with E-state index in [1.165, 1.54) is 0 Å². The van der Waals surface area contributed by atoms with Gasteiger partial charge in [-0.3, -0.25) is 4.79 Å². The van der Waals surface area contributed by atoms with Crippen LogP contribution in [0.1, 0.15) is 16.2 Å². The van der Waals surface area contributed by atoms with E-state index in [9.17, 15) is 4.79 Å².